The van der Waals surface area contributed by atoms with Gasteiger partial charge in [0.15, 0.2) is 17.3 Å². The summed E-state index contributed by atoms with van der Waals surface area (Å²) in [5, 5.41) is 20.1. The van der Waals surface area contributed by atoms with Crippen LogP contribution >= 0.6 is 0 Å². The van der Waals surface area contributed by atoms with Gasteiger partial charge < -0.3 is 20.1 Å². The van der Waals surface area contributed by atoms with Crippen molar-refractivity contribution in [1.82, 2.24) is 20.1 Å². The number of aromatic nitrogens is 3. The minimum Gasteiger partial charge on any atom is -0.504 e. The number of urea groups is 1. The Kier molecular flexibility index (Phi) is 4.97. The lowest BCUT2D eigenvalue weighted by atomic mass is 10.2. The molecular weight excluding hydrogens is 394 g/mol. The summed E-state index contributed by atoms with van der Waals surface area (Å²) in [7, 11) is 1.51. The summed E-state index contributed by atoms with van der Waals surface area (Å²) in [5.74, 6) is 2.66. The van der Waals surface area contributed by atoms with Gasteiger partial charge in [0, 0.05) is 29.8 Å². The Morgan fingerprint density at radius 1 is 1.19 bits per heavy atom. The molecular formula is C23H25N5O3. The number of anilines is 1. The summed E-state index contributed by atoms with van der Waals surface area (Å²) >= 11 is 0. The maximum Gasteiger partial charge on any atom is 0.322 e. The van der Waals surface area contributed by atoms with Crippen molar-refractivity contribution in [2.45, 2.75) is 44.2 Å². The molecule has 0 aliphatic heterocycles. The Morgan fingerprint density at radius 2 is 1.97 bits per heavy atom. The first-order chi connectivity index (χ1) is 15.1. The summed E-state index contributed by atoms with van der Waals surface area (Å²) in [5.41, 5.74) is 2.54. The summed E-state index contributed by atoms with van der Waals surface area (Å²) in [6, 6.07) is 12.8. The number of phenols is 1. The molecule has 0 bridgehead atoms. The first-order valence-electron chi connectivity index (χ1n) is 10.6. The van der Waals surface area contributed by atoms with Crippen LogP contribution in [0.3, 0.4) is 0 Å². The fourth-order valence-corrected chi connectivity index (χ4v) is 3.61. The van der Waals surface area contributed by atoms with Crippen LogP contribution in [0.5, 0.6) is 11.5 Å². The molecule has 2 saturated carbocycles. The van der Waals surface area contributed by atoms with Crippen molar-refractivity contribution >= 4 is 11.7 Å². The Labute approximate surface area is 180 Å². The van der Waals surface area contributed by atoms with Crippen LogP contribution in [0.2, 0.25) is 0 Å². The van der Waals surface area contributed by atoms with Crippen molar-refractivity contribution in [3.63, 3.8) is 0 Å². The number of aromatic hydroxyl groups is 1. The van der Waals surface area contributed by atoms with Gasteiger partial charge in [-0.15, -0.1) is 0 Å². The zero-order valence-electron chi connectivity index (χ0n) is 17.3. The standard InChI is InChI=1S/C23H25N5O3/c1-31-20-12-14(2-11-19(20)29)13-28(18-9-10-18)23(30)24-17-7-5-16(6-8-17)22-25-21(26-27-22)15-3-4-15/h2,5-8,11-12,15,18,29H,3-4,9-10,13H2,1H3,(H,24,30)(H,25,26,27). The van der Waals surface area contributed by atoms with Crippen LogP contribution in [0.15, 0.2) is 42.5 Å². The maximum atomic E-state index is 13.0. The number of hydrogen-bond acceptors (Lipinski definition) is 5. The largest absolute Gasteiger partial charge is 0.504 e. The van der Waals surface area contributed by atoms with E-state index in [4.69, 9.17) is 4.74 Å². The molecule has 2 fully saturated rings. The molecule has 2 aliphatic rings. The molecule has 5 rings (SSSR count). The average molecular weight is 419 g/mol. The third-order valence-electron chi connectivity index (χ3n) is 5.71. The number of ether oxygens (including phenoxy) is 1. The first kappa shape index (κ1) is 19.4. The highest BCUT2D eigenvalue weighted by Gasteiger charge is 2.33. The lowest BCUT2D eigenvalue weighted by molar-refractivity contribution is 0.206. The molecule has 1 heterocycles. The molecule has 0 spiro atoms. The molecule has 2 amide bonds. The van der Waals surface area contributed by atoms with Crippen LogP contribution < -0.4 is 10.1 Å². The van der Waals surface area contributed by atoms with Crippen LogP contribution in [-0.4, -0.2) is 44.4 Å². The van der Waals surface area contributed by atoms with Gasteiger partial charge in [0.1, 0.15) is 5.82 Å². The molecule has 0 saturated heterocycles. The van der Waals surface area contributed by atoms with E-state index in [-0.39, 0.29) is 17.8 Å². The van der Waals surface area contributed by atoms with Crippen LogP contribution in [0.1, 0.15) is 43.0 Å². The third kappa shape index (κ3) is 4.33. The summed E-state index contributed by atoms with van der Waals surface area (Å²) < 4.78 is 5.18. The molecule has 8 nitrogen and oxygen atoms in total. The summed E-state index contributed by atoms with van der Waals surface area (Å²) in [6.07, 6.45) is 4.34. The van der Waals surface area contributed by atoms with Gasteiger partial charge in [-0.25, -0.2) is 9.78 Å². The fourth-order valence-electron chi connectivity index (χ4n) is 3.61. The number of hydrogen-bond donors (Lipinski definition) is 3. The molecule has 3 aromatic rings. The lowest BCUT2D eigenvalue weighted by Crippen LogP contribution is -2.36. The van der Waals surface area contributed by atoms with Crippen molar-refractivity contribution in [2.24, 2.45) is 0 Å². The molecule has 0 unspecified atom stereocenters. The predicted molar refractivity (Wildman–Crippen MR) is 116 cm³/mol. The number of nitrogens with one attached hydrogen (secondary N) is 2. The van der Waals surface area contributed by atoms with Gasteiger partial charge in [-0.3, -0.25) is 5.10 Å². The average Bonchev–Trinajstić information content (AvgIpc) is 3.72. The van der Waals surface area contributed by atoms with Crippen molar-refractivity contribution < 1.29 is 14.6 Å². The smallest absolute Gasteiger partial charge is 0.322 e. The van der Waals surface area contributed by atoms with Crippen LogP contribution in [0.4, 0.5) is 10.5 Å². The fraction of sp³-hybridized carbons (Fsp3) is 0.348. The Morgan fingerprint density at radius 3 is 2.65 bits per heavy atom. The van der Waals surface area contributed by atoms with Gasteiger partial charge in [-0.05, 0) is 67.6 Å². The van der Waals surface area contributed by atoms with Crippen molar-refractivity contribution in [2.75, 3.05) is 12.4 Å². The summed E-state index contributed by atoms with van der Waals surface area (Å²) in [6.45, 7) is 0.451. The van der Waals surface area contributed by atoms with Gasteiger partial charge in [0.25, 0.3) is 0 Å². The second-order valence-electron chi connectivity index (χ2n) is 8.19. The minimum atomic E-state index is -0.142. The Hall–Kier alpha value is -3.55. The molecule has 8 heteroatoms. The topological polar surface area (TPSA) is 103 Å². The molecule has 1 aromatic heterocycles. The maximum absolute atomic E-state index is 13.0. The van der Waals surface area contributed by atoms with Crippen LogP contribution in [0.25, 0.3) is 11.4 Å². The minimum absolute atomic E-state index is 0.0874. The molecule has 160 valence electrons. The molecule has 0 atom stereocenters. The number of methoxy groups -OCH3 is 1. The summed E-state index contributed by atoms with van der Waals surface area (Å²) in [4.78, 5) is 19.4. The van der Waals surface area contributed by atoms with E-state index in [2.05, 4.69) is 20.5 Å². The zero-order valence-corrected chi connectivity index (χ0v) is 17.3. The Bertz CT molecular complexity index is 1090. The van der Waals surface area contributed by atoms with E-state index in [1.54, 1.807) is 12.1 Å². The van der Waals surface area contributed by atoms with E-state index in [1.807, 2.05) is 35.2 Å². The van der Waals surface area contributed by atoms with E-state index in [9.17, 15) is 9.90 Å². The lowest BCUT2D eigenvalue weighted by Gasteiger charge is -2.23. The second-order valence-corrected chi connectivity index (χ2v) is 8.19. The number of H-pyrrole nitrogens is 1. The van der Waals surface area contributed by atoms with Gasteiger partial charge in [0.2, 0.25) is 0 Å². The molecule has 2 aromatic carbocycles. The van der Waals surface area contributed by atoms with Crippen molar-refractivity contribution in [3.8, 4) is 22.9 Å². The number of carbonyl (C=O) groups is 1. The highest BCUT2D eigenvalue weighted by atomic mass is 16.5. The van der Waals surface area contributed by atoms with E-state index in [0.717, 1.165) is 35.5 Å². The number of amides is 2. The molecule has 2 aliphatic carbocycles. The van der Waals surface area contributed by atoms with E-state index < -0.39 is 0 Å². The van der Waals surface area contributed by atoms with Gasteiger partial charge in [-0.2, -0.15) is 5.10 Å². The van der Waals surface area contributed by atoms with E-state index in [1.165, 1.54) is 20.0 Å². The monoisotopic (exact) mass is 419 g/mol. The SMILES string of the molecule is COc1cc(CN(C(=O)Nc2ccc(-c3n[nH]c(C4CC4)n3)cc2)C2CC2)ccc1O. The molecule has 0 radical (unpaired) electrons. The zero-order chi connectivity index (χ0) is 21.4. The van der Waals surface area contributed by atoms with E-state index >= 15 is 0 Å². The highest BCUT2D eigenvalue weighted by molar-refractivity contribution is 5.90. The number of aromatic amines is 1. The second kappa shape index (κ2) is 7.94. The molecule has 3 N–H and O–H groups in total. The van der Waals surface area contributed by atoms with Crippen LogP contribution in [-0.2, 0) is 6.54 Å². The van der Waals surface area contributed by atoms with Crippen LogP contribution in [0, 0.1) is 0 Å². The first-order valence-corrected chi connectivity index (χ1v) is 10.6. The van der Waals surface area contributed by atoms with Gasteiger partial charge in [0.05, 0.1) is 7.11 Å². The van der Waals surface area contributed by atoms with E-state index in [0.29, 0.717) is 24.0 Å². The van der Waals surface area contributed by atoms with Gasteiger partial charge >= 0.3 is 6.03 Å². The normalized spacial score (nSPS) is 15.5. The number of nitrogens with zero attached hydrogens (tertiary/aromatic N) is 3. The van der Waals surface area contributed by atoms with Gasteiger partial charge in [-0.1, -0.05) is 6.07 Å². The number of phenolic OH excluding ortho intramolecular Hbond substituents is 1. The third-order valence-corrected chi connectivity index (χ3v) is 5.71. The Balaban J connectivity index is 1.26. The number of carbonyl (C=O) groups excluding carboxylic acids is 1. The predicted octanol–water partition coefficient (Wildman–Crippen LogP) is 4.26. The quantitative estimate of drug-likeness (QED) is 0.531. The highest BCUT2D eigenvalue weighted by Crippen LogP contribution is 2.38. The molecule has 31 heavy (non-hydrogen) atoms. The van der Waals surface area contributed by atoms with Crippen molar-refractivity contribution in [1.29, 1.82) is 0 Å². The number of benzene rings is 2. The number of rotatable bonds is 7. The van der Waals surface area contributed by atoms with Crippen molar-refractivity contribution in [3.05, 3.63) is 53.9 Å².